The number of methoxy groups -OCH3 is 1. The average Bonchev–Trinajstić information content (AvgIpc) is 2.91. The lowest BCUT2D eigenvalue weighted by atomic mass is 10.1. The molecule has 1 aliphatic carbocycles. The SMILES string of the molecule is COc1cc([C@@H](N)CO)ccc1OC1CCCC1. The molecule has 1 saturated carbocycles. The summed E-state index contributed by atoms with van der Waals surface area (Å²) in [6, 6.07) is 5.22. The number of aliphatic hydroxyl groups excluding tert-OH is 1. The first-order valence-electron chi connectivity index (χ1n) is 6.45. The summed E-state index contributed by atoms with van der Waals surface area (Å²) in [6.07, 6.45) is 5.00. The zero-order chi connectivity index (χ0) is 13.0. The Hall–Kier alpha value is -1.26. The number of hydrogen-bond donors (Lipinski definition) is 2. The van der Waals surface area contributed by atoms with Gasteiger partial charge in [-0.15, -0.1) is 0 Å². The molecular weight excluding hydrogens is 230 g/mol. The van der Waals surface area contributed by atoms with E-state index in [1.807, 2.05) is 18.2 Å². The molecule has 0 aliphatic heterocycles. The molecule has 18 heavy (non-hydrogen) atoms. The summed E-state index contributed by atoms with van der Waals surface area (Å²) in [6.45, 7) is -0.0774. The van der Waals surface area contributed by atoms with Gasteiger partial charge in [0.25, 0.3) is 0 Å². The summed E-state index contributed by atoms with van der Waals surface area (Å²) in [5.74, 6) is 1.45. The largest absolute Gasteiger partial charge is 0.493 e. The van der Waals surface area contributed by atoms with E-state index in [9.17, 15) is 0 Å². The van der Waals surface area contributed by atoms with Gasteiger partial charge in [-0.25, -0.2) is 0 Å². The molecule has 1 aliphatic rings. The third kappa shape index (κ3) is 2.94. The minimum absolute atomic E-state index is 0.0774. The van der Waals surface area contributed by atoms with Crippen molar-refractivity contribution in [2.45, 2.75) is 37.8 Å². The number of rotatable bonds is 5. The molecule has 0 bridgehead atoms. The fraction of sp³-hybridized carbons (Fsp3) is 0.571. The second kappa shape index (κ2) is 6.07. The predicted molar refractivity (Wildman–Crippen MR) is 69.9 cm³/mol. The van der Waals surface area contributed by atoms with Crippen LogP contribution in [0.25, 0.3) is 0 Å². The molecule has 1 fully saturated rings. The van der Waals surface area contributed by atoms with E-state index < -0.39 is 0 Å². The maximum absolute atomic E-state index is 9.05. The average molecular weight is 251 g/mol. The highest BCUT2D eigenvalue weighted by Gasteiger charge is 2.19. The van der Waals surface area contributed by atoms with Crippen molar-refractivity contribution in [3.05, 3.63) is 23.8 Å². The Morgan fingerprint density at radius 2 is 2.06 bits per heavy atom. The minimum atomic E-state index is -0.376. The van der Waals surface area contributed by atoms with Crippen molar-refractivity contribution < 1.29 is 14.6 Å². The second-order valence-electron chi connectivity index (χ2n) is 4.72. The molecule has 0 saturated heterocycles. The van der Waals surface area contributed by atoms with Gasteiger partial charge in [-0.05, 0) is 43.4 Å². The second-order valence-corrected chi connectivity index (χ2v) is 4.72. The highest BCUT2D eigenvalue weighted by Crippen LogP contribution is 2.33. The standard InChI is InChI=1S/C14H21NO3/c1-17-14-8-10(12(15)9-16)6-7-13(14)18-11-4-2-3-5-11/h6-8,11-12,16H,2-5,9,15H2,1H3/t12-/m0/s1. The molecule has 0 unspecified atom stereocenters. The van der Waals surface area contributed by atoms with Crippen molar-refractivity contribution in [3.63, 3.8) is 0 Å². The molecule has 0 amide bonds. The molecule has 3 N–H and O–H groups in total. The topological polar surface area (TPSA) is 64.7 Å². The Kier molecular flexibility index (Phi) is 4.44. The molecule has 0 radical (unpaired) electrons. The van der Waals surface area contributed by atoms with Gasteiger partial charge in [0.2, 0.25) is 0 Å². The van der Waals surface area contributed by atoms with Crippen molar-refractivity contribution in [3.8, 4) is 11.5 Å². The first kappa shape index (κ1) is 13.2. The molecule has 100 valence electrons. The molecule has 0 heterocycles. The Bertz CT molecular complexity index is 389. The summed E-state index contributed by atoms with van der Waals surface area (Å²) in [5.41, 5.74) is 6.64. The zero-order valence-electron chi connectivity index (χ0n) is 10.8. The molecule has 0 spiro atoms. The van der Waals surface area contributed by atoms with Crippen molar-refractivity contribution in [1.29, 1.82) is 0 Å². The van der Waals surface area contributed by atoms with E-state index in [1.54, 1.807) is 7.11 Å². The lowest BCUT2D eigenvalue weighted by molar-refractivity contribution is 0.200. The summed E-state index contributed by atoms with van der Waals surface area (Å²) in [4.78, 5) is 0. The third-order valence-electron chi connectivity index (χ3n) is 3.41. The van der Waals surface area contributed by atoms with E-state index in [4.69, 9.17) is 20.3 Å². The van der Waals surface area contributed by atoms with Gasteiger partial charge in [-0.2, -0.15) is 0 Å². The van der Waals surface area contributed by atoms with Crippen molar-refractivity contribution >= 4 is 0 Å². The number of benzene rings is 1. The van der Waals surface area contributed by atoms with Crippen LogP contribution in [0.5, 0.6) is 11.5 Å². The lowest BCUT2D eigenvalue weighted by Gasteiger charge is -2.17. The van der Waals surface area contributed by atoms with Crippen LogP contribution in [-0.2, 0) is 0 Å². The van der Waals surface area contributed by atoms with E-state index in [0.29, 0.717) is 11.9 Å². The van der Waals surface area contributed by atoms with Gasteiger partial charge in [0.15, 0.2) is 11.5 Å². The van der Waals surface area contributed by atoms with E-state index in [1.165, 1.54) is 12.8 Å². The Morgan fingerprint density at radius 1 is 1.33 bits per heavy atom. The van der Waals surface area contributed by atoms with Crippen LogP contribution in [0.3, 0.4) is 0 Å². The Morgan fingerprint density at radius 3 is 2.67 bits per heavy atom. The first-order valence-corrected chi connectivity index (χ1v) is 6.45. The first-order chi connectivity index (χ1) is 8.74. The van der Waals surface area contributed by atoms with Gasteiger partial charge in [0, 0.05) is 0 Å². The highest BCUT2D eigenvalue weighted by atomic mass is 16.5. The van der Waals surface area contributed by atoms with Crippen molar-refractivity contribution in [2.24, 2.45) is 5.73 Å². The van der Waals surface area contributed by atoms with Crippen LogP contribution in [0, 0.1) is 0 Å². The quantitative estimate of drug-likeness (QED) is 0.840. The van der Waals surface area contributed by atoms with Crippen LogP contribution in [0.4, 0.5) is 0 Å². The fourth-order valence-electron chi connectivity index (χ4n) is 2.30. The highest BCUT2D eigenvalue weighted by molar-refractivity contribution is 5.44. The van der Waals surface area contributed by atoms with Gasteiger partial charge < -0.3 is 20.3 Å². The normalized spacial score (nSPS) is 17.7. The molecule has 4 nitrogen and oxygen atoms in total. The van der Waals surface area contributed by atoms with E-state index in [-0.39, 0.29) is 12.6 Å². The van der Waals surface area contributed by atoms with Crippen molar-refractivity contribution in [1.82, 2.24) is 0 Å². The molecular formula is C14H21NO3. The maximum atomic E-state index is 9.05. The monoisotopic (exact) mass is 251 g/mol. The number of ether oxygens (including phenoxy) is 2. The molecule has 4 heteroatoms. The van der Waals surface area contributed by atoms with E-state index >= 15 is 0 Å². The minimum Gasteiger partial charge on any atom is -0.493 e. The van der Waals surface area contributed by atoms with Gasteiger partial charge >= 0.3 is 0 Å². The van der Waals surface area contributed by atoms with Crippen molar-refractivity contribution in [2.75, 3.05) is 13.7 Å². The van der Waals surface area contributed by atoms with E-state index in [0.717, 1.165) is 24.2 Å². The Labute approximate surface area is 108 Å². The molecule has 2 rings (SSSR count). The van der Waals surface area contributed by atoms with Crippen LogP contribution in [0.15, 0.2) is 18.2 Å². The lowest BCUT2D eigenvalue weighted by Crippen LogP contribution is -2.15. The van der Waals surface area contributed by atoms with Gasteiger partial charge in [0.05, 0.1) is 25.9 Å². The molecule has 1 aromatic rings. The molecule has 1 aromatic carbocycles. The maximum Gasteiger partial charge on any atom is 0.161 e. The smallest absolute Gasteiger partial charge is 0.161 e. The van der Waals surface area contributed by atoms with Gasteiger partial charge in [-0.3, -0.25) is 0 Å². The van der Waals surface area contributed by atoms with Crippen LogP contribution in [0.1, 0.15) is 37.3 Å². The number of nitrogens with two attached hydrogens (primary N) is 1. The summed E-state index contributed by atoms with van der Waals surface area (Å²) in [7, 11) is 1.62. The fourth-order valence-corrected chi connectivity index (χ4v) is 2.30. The zero-order valence-corrected chi connectivity index (χ0v) is 10.8. The summed E-state index contributed by atoms with van der Waals surface area (Å²) < 4.78 is 11.3. The van der Waals surface area contributed by atoms with Gasteiger partial charge in [-0.1, -0.05) is 6.07 Å². The summed E-state index contributed by atoms with van der Waals surface area (Å²) >= 11 is 0. The van der Waals surface area contributed by atoms with Crippen LogP contribution in [0.2, 0.25) is 0 Å². The third-order valence-corrected chi connectivity index (χ3v) is 3.41. The van der Waals surface area contributed by atoms with E-state index in [2.05, 4.69) is 0 Å². The summed E-state index contributed by atoms with van der Waals surface area (Å²) in [5, 5.41) is 9.05. The van der Waals surface area contributed by atoms with Crippen LogP contribution in [-0.4, -0.2) is 24.9 Å². The van der Waals surface area contributed by atoms with Gasteiger partial charge in [0.1, 0.15) is 0 Å². The number of hydrogen-bond acceptors (Lipinski definition) is 4. The van der Waals surface area contributed by atoms with Crippen LogP contribution < -0.4 is 15.2 Å². The predicted octanol–water partition coefficient (Wildman–Crippen LogP) is 2.01. The molecule has 1 atom stereocenters. The Balaban J connectivity index is 2.14. The molecule has 0 aromatic heterocycles. The van der Waals surface area contributed by atoms with Crippen LogP contribution >= 0.6 is 0 Å². The number of aliphatic hydroxyl groups is 1.